The molecule has 0 bridgehead atoms. The van der Waals surface area contributed by atoms with Crippen molar-refractivity contribution >= 4 is 34.2 Å². The van der Waals surface area contributed by atoms with Gasteiger partial charge in [-0.05, 0) is 36.8 Å². The summed E-state index contributed by atoms with van der Waals surface area (Å²) in [5.74, 6) is 1.01. The number of aryl methyl sites for hydroxylation is 1. The van der Waals surface area contributed by atoms with Gasteiger partial charge in [0.25, 0.3) is 0 Å². The molecule has 4 rings (SSSR count). The molecule has 2 aromatic heterocycles. The Morgan fingerprint density at radius 1 is 1.11 bits per heavy atom. The lowest BCUT2D eigenvalue weighted by Gasteiger charge is -2.08. The van der Waals surface area contributed by atoms with Crippen LogP contribution in [0.1, 0.15) is 5.56 Å². The molecule has 142 valence electrons. The summed E-state index contributed by atoms with van der Waals surface area (Å²) in [7, 11) is 0. The first-order valence-electron chi connectivity index (χ1n) is 9.03. The third kappa shape index (κ3) is 3.94. The first-order chi connectivity index (χ1) is 13.7. The van der Waals surface area contributed by atoms with Crippen LogP contribution in [-0.2, 0) is 4.79 Å². The second-order valence-electron chi connectivity index (χ2n) is 6.32. The molecular weight excluding hydrogens is 372 g/mol. The molecule has 0 aliphatic carbocycles. The molecular formula is C21H20N4O2S. The lowest BCUT2D eigenvalue weighted by Crippen LogP contribution is -2.29. The molecule has 28 heavy (non-hydrogen) atoms. The number of nitrogens with zero attached hydrogens (tertiary/aromatic N) is 3. The van der Waals surface area contributed by atoms with Crippen LogP contribution in [0.5, 0.6) is 5.75 Å². The van der Waals surface area contributed by atoms with E-state index < -0.39 is 0 Å². The Morgan fingerprint density at radius 3 is 2.75 bits per heavy atom. The van der Waals surface area contributed by atoms with E-state index in [1.807, 2.05) is 59.0 Å². The largest absolute Gasteiger partial charge is 0.492 e. The molecule has 1 amide bonds. The smallest absolute Gasteiger partial charge is 0.230 e. The molecule has 0 aliphatic rings. The highest BCUT2D eigenvalue weighted by molar-refractivity contribution is 7.99. The summed E-state index contributed by atoms with van der Waals surface area (Å²) in [6, 6.07) is 19.7. The summed E-state index contributed by atoms with van der Waals surface area (Å²) in [5, 5.41) is 13.3. The highest BCUT2D eigenvalue weighted by atomic mass is 32.2. The number of fused-ring (bicyclic) bond motifs is 3. The van der Waals surface area contributed by atoms with E-state index in [0.717, 1.165) is 27.9 Å². The lowest BCUT2D eigenvalue weighted by atomic mass is 10.1. The Bertz CT molecular complexity index is 1110. The fourth-order valence-corrected chi connectivity index (χ4v) is 3.81. The molecule has 0 spiro atoms. The van der Waals surface area contributed by atoms with Crippen molar-refractivity contribution < 1.29 is 9.53 Å². The zero-order valence-corrected chi connectivity index (χ0v) is 16.3. The second-order valence-corrected chi connectivity index (χ2v) is 7.26. The third-order valence-corrected chi connectivity index (χ3v) is 5.27. The van der Waals surface area contributed by atoms with Crippen LogP contribution in [0, 0.1) is 6.92 Å². The molecule has 6 nitrogen and oxygen atoms in total. The Balaban J connectivity index is 1.36. The van der Waals surface area contributed by atoms with Gasteiger partial charge in [-0.15, -0.1) is 10.2 Å². The van der Waals surface area contributed by atoms with Crippen LogP contribution in [-0.4, -0.2) is 39.4 Å². The van der Waals surface area contributed by atoms with Crippen molar-refractivity contribution in [2.45, 2.75) is 12.1 Å². The van der Waals surface area contributed by atoms with Crippen molar-refractivity contribution in [3.8, 4) is 5.75 Å². The lowest BCUT2D eigenvalue weighted by molar-refractivity contribution is -0.118. The third-order valence-electron chi connectivity index (χ3n) is 4.34. The normalized spacial score (nSPS) is 11.0. The number of hydrogen-bond donors (Lipinski definition) is 1. The topological polar surface area (TPSA) is 68.5 Å². The molecule has 0 radical (unpaired) electrons. The fourth-order valence-electron chi connectivity index (χ4n) is 3.03. The average molecular weight is 392 g/mol. The van der Waals surface area contributed by atoms with Gasteiger partial charge >= 0.3 is 0 Å². The number of rotatable bonds is 7. The first kappa shape index (κ1) is 18.3. The summed E-state index contributed by atoms with van der Waals surface area (Å²) in [5.41, 5.74) is 2.99. The predicted octanol–water partition coefficient (Wildman–Crippen LogP) is 3.48. The maximum Gasteiger partial charge on any atom is 0.230 e. The number of para-hydroxylation sites is 2. The number of carbonyl (C=O) groups excluding carboxylic acids is 1. The van der Waals surface area contributed by atoms with E-state index in [-0.39, 0.29) is 11.7 Å². The maximum atomic E-state index is 12.2. The van der Waals surface area contributed by atoms with E-state index >= 15 is 0 Å². The number of thioether (sulfide) groups is 1. The molecule has 2 aromatic carbocycles. The van der Waals surface area contributed by atoms with Gasteiger partial charge in [-0.1, -0.05) is 48.2 Å². The van der Waals surface area contributed by atoms with Gasteiger partial charge in [0.05, 0.1) is 17.8 Å². The number of carbonyl (C=O) groups is 1. The zero-order chi connectivity index (χ0) is 19.3. The van der Waals surface area contributed by atoms with Gasteiger partial charge in [-0.25, -0.2) is 0 Å². The number of amides is 1. The van der Waals surface area contributed by atoms with Crippen LogP contribution in [0.2, 0.25) is 0 Å². The van der Waals surface area contributed by atoms with E-state index in [0.29, 0.717) is 18.3 Å². The van der Waals surface area contributed by atoms with Crippen molar-refractivity contribution in [3.05, 3.63) is 66.2 Å². The van der Waals surface area contributed by atoms with Crippen LogP contribution in [0.3, 0.4) is 0 Å². The van der Waals surface area contributed by atoms with Gasteiger partial charge in [0.15, 0.2) is 10.8 Å². The van der Waals surface area contributed by atoms with Gasteiger partial charge in [0.2, 0.25) is 5.91 Å². The molecule has 7 heteroatoms. The van der Waals surface area contributed by atoms with E-state index in [4.69, 9.17) is 4.74 Å². The number of ether oxygens (including phenoxy) is 1. The highest BCUT2D eigenvalue weighted by Crippen LogP contribution is 2.25. The number of aromatic nitrogens is 3. The molecule has 0 saturated heterocycles. The van der Waals surface area contributed by atoms with Crippen LogP contribution < -0.4 is 10.1 Å². The number of benzene rings is 2. The molecule has 0 unspecified atom stereocenters. The second kappa shape index (κ2) is 8.31. The minimum absolute atomic E-state index is 0.0603. The minimum atomic E-state index is -0.0603. The summed E-state index contributed by atoms with van der Waals surface area (Å²) < 4.78 is 7.57. The Morgan fingerprint density at radius 2 is 1.89 bits per heavy atom. The van der Waals surface area contributed by atoms with Crippen molar-refractivity contribution in [2.75, 3.05) is 18.9 Å². The van der Waals surface area contributed by atoms with Crippen molar-refractivity contribution in [1.29, 1.82) is 0 Å². The summed E-state index contributed by atoms with van der Waals surface area (Å²) in [6.07, 6.45) is 0. The van der Waals surface area contributed by atoms with Crippen LogP contribution in [0.4, 0.5) is 0 Å². The molecule has 0 saturated carbocycles. The van der Waals surface area contributed by atoms with Gasteiger partial charge in [0.1, 0.15) is 12.4 Å². The van der Waals surface area contributed by atoms with Crippen molar-refractivity contribution in [3.63, 3.8) is 0 Å². The van der Waals surface area contributed by atoms with Crippen LogP contribution >= 0.6 is 11.8 Å². The standard InChI is InChI=1S/C21H20N4O2S/c1-15-13-19-23-24-21(25(19)18-10-6-5-9-17(15)18)28-14-20(26)22-11-12-27-16-7-3-2-4-8-16/h2-10,13H,11-12,14H2,1H3,(H,22,26). The van der Waals surface area contributed by atoms with Gasteiger partial charge < -0.3 is 10.1 Å². The molecule has 2 heterocycles. The predicted molar refractivity (Wildman–Crippen MR) is 111 cm³/mol. The maximum absolute atomic E-state index is 12.2. The fraction of sp³-hybridized carbons (Fsp3) is 0.190. The SMILES string of the molecule is Cc1cc2nnc(SCC(=O)NCCOc3ccccc3)n2c2ccccc12. The zero-order valence-electron chi connectivity index (χ0n) is 15.5. The number of hydrogen-bond acceptors (Lipinski definition) is 5. The monoisotopic (exact) mass is 392 g/mol. The summed E-state index contributed by atoms with van der Waals surface area (Å²) in [6.45, 7) is 2.95. The van der Waals surface area contributed by atoms with E-state index in [1.165, 1.54) is 11.8 Å². The summed E-state index contributed by atoms with van der Waals surface area (Å²) >= 11 is 1.38. The summed E-state index contributed by atoms with van der Waals surface area (Å²) in [4.78, 5) is 12.2. The van der Waals surface area contributed by atoms with Gasteiger partial charge in [-0.2, -0.15) is 0 Å². The van der Waals surface area contributed by atoms with Crippen molar-refractivity contribution in [1.82, 2.24) is 19.9 Å². The van der Waals surface area contributed by atoms with Gasteiger partial charge in [0, 0.05) is 5.39 Å². The molecule has 4 aromatic rings. The van der Waals surface area contributed by atoms with E-state index in [9.17, 15) is 4.79 Å². The molecule has 1 N–H and O–H groups in total. The number of nitrogens with one attached hydrogen (secondary N) is 1. The molecule has 0 fully saturated rings. The van der Waals surface area contributed by atoms with Gasteiger partial charge in [-0.3, -0.25) is 9.20 Å². The van der Waals surface area contributed by atoms with E-state index in [1.54, 1.807) is 0 Å². The number of pyridine rings is 1. The quantitative estimate of drug-likeness (QED) is 0.385. The molecule has 0 atom stereocenters. The minimum Gasteiger partial charge on any atom is -0.492 e. The van der Waals surface area contributed by atoms with Crippen LogP contribution in [0.15, 0.2) is 65.8 Å². The van der Waals surface area contributed by atoms with Crippen LogP contribution in [0.25, 0.3) is 16.6 Å². The Labute approximate surface area is 166 Å². The Kier molecular flexibility index (Phi) is 5.43. The average Bonchev–Trinajstić information content (AvgIpc) is 3.13. The molecule has 0 aliphatic heterocycles. The Hall–Kier alpha value is -3.06. The first-order valence-corrected chi connectivity index (χ1v) is 10.0. The van der Waals surface area contributed by atoms with Crippen molar-refractivity contribution in [2.24, 2.45) is 0 Å². The van der Waals surface area contributed by atoms with E-state index in [2.05, 4.69) is 28.5 Å². The highest BCUT2D eigenvalue weighted by Gasteiger charge is 2.12.